The Kier molecular flexibility index (Phi) is 5.67. The van der Waals surface area contributed by atoms with E-state index in [0.717, 1.165) is 48.1 Å². The summed E-state index contributed by atoms with van der Waals surface area (Å²) in [5.74, 6) is 1.20. The maximum Gasteiger partial charge on any atom is 0.259 e. The van der Waals surface area contributed by atoms with E-state index in [9.17, 15) is 4.79 Å². The molecule has 1 N–H and O–H groups in total. The average Bonchev–Trinajstić information content (AvgIpc) is 2.75. The Labute approximate surface area is 171 Å². The number of anilines is 1. The molecule has 1 aliphatic heterocycles. The molecule has 0 aromatic heterocycles. The number of ether oxygens (including phenoxy) is 2. The van der Waals surface area contributed by atoms with Crippen molar-refractivity contribution in [1.29, 1.82) is 0 Å². The summed E-state index contributed by atoms with van der Waals surface area (Å²) in [5, 5.41) is 4.99. The Bertz CT molecular complexity index is 993. The van der Waals surface area contributed by atoms with Gasteiger partial charge in [-0.25, -0.2) is 0 Å². The molecule has 0 unspecified atom stereocenters. The zero-order valence-corrected chi connectivity index (χ0v) is 16.9. The van der Waals surface area contributed by atoms with Crippen LogP contribution in [0.5, 0.6) is 11.5 Å². The summed E-state index contributed by atoms with van der Waals surface area (Å²) < 4.78 is 11.5. The van der Waals surface area contributed by atoms with Crippen LogP contribution in [0.1, 0.15) is 23.2 Å². The lowest BCUT2D eigenvalue weighted by Crippen LogP contribution is -2.35. The lowest BCUT2D eigenvalue weighted by Gasteiger charge is -2.29. The van der Waals surface area contributed by atoms with Crippen LogP contribution in [-0.4, -0.2) is 44.2 Å². The van der Waals surface area contributed by atoms with Gasteiger partial charge in [-0.05, 0) is 67.1 Å². The summed E-state index contributed by atoms with van der Waals surface area (Å²) >= 11 is 0. The van der Waals surface area contributed by atoms with Crippen LogP contribution in [0.4, 0.5) is 5.69 Å². The Hall–Kier alpha value is -3.05. The molecule has 0 saturated carbocycles. The van der Waals surface area contributed by atoms with E-state index in [1.54, 1.807) is 7.11 Å². The van der Waals surface area contributed by atoms with E-state index in [1.807, 2.05) is 60.7 Å². The van der Waals surface area contributed by atoms with Crippen molar-refractivity contribution in [2.75, 3.05) is 32.6 Å². The number of methoxy groups -OCH3 is 1. The van der Waals surface area contributed by atoms with Gasteiger partial charge in [0.1, 0.15) is 17.6 Å². The van der Waals surface area contributed by atoms with Crippen molar-refractivity contribution < 1.29 is 14.3 Å². The average molecular weight is 390 g/mol. The summed E-state index contributed by atoms with van der Waals surface area (Å²) in [4.78, 5) is 15.2. The molecule has 0 bridgehead atoms. The van der Waals surface area contributed by atoms with Gasteiger partial charge >= 0.3 is 0 Å². The molecule has 3 aromatic rings. The van der Waals surface area contributed by atoms with Gasteiger partial charge in [0, 0.05) is 18.8 Å². The molecule has 5 nitrogen and oxygen atoms in total. The maximum atomic E-state index is 12.8. The minimum absolute atomic E-state index is 0.198. The predicted molar refractivity (Wildman–Crippen MR) is 116 cm³/mol. The van der Waals surface area contributed by atoms with Crippen molar-refractivity contribution in [3.8, 4) is 11.5 Å². The van der Waals surface area contributed by atoms with Gasteiger partial charge in [0.2, 0.25) is 0 Å². The van der Waals surface area contributed by atoms with Gasteiger partial charge in [-0.1, -0.05) is 24.3 Å². The van der Waals surface area contributed by atoms with Crippen LogP contribution < -0.4 is 14.8 Å². The molecule has 0 radical (unpaired) electrons. The van der Waals surface area contributed by atoms with E-state index >= 15 is 0 Å². The normalized spacial score (nSPS) is 15.2. The van der Waals surface area contributed by atoms with Crippen LogP contribution in [0, 0.1) is 0 Å². The first-order chi connectivity index (χ1) is 14.1. The Morgan fingerprint density at radius 3 is 2.31 bits per heavy atom. The van der Waals surface area contributed by atoms with Crippen molar-refractivity contribution in [3.63, 3.8) is 0 Å². The minimum atomic E-state index is -0.198. The maximum absolute atomic E-state index is 12.8. The molecule has 1 amide bonds. The SMILES string of the molecule is COc1cc2ccccc2cc1C(=O)Nc1ccc(OC2CCN(C)CC2)cc1. The number of amides is 1. The summed E-state index contributed by atoms with van der Waals surface area (Å²) in [7, 11) is 3.72. The highest BCUT2D eigenvalue weighted by atomic mass is 16.5. The number of carbonyl (C=O) groups excluding carboxylic acids is 1. The van der Waals surface area contributed by atoms with E-state index < -0.39 is 0 Å². The molecule has 3 aromatic carbocycles. The van der Waals surface area contributed by atoms with Crippen LogP contribution in [0.15, 0.2) is 60.7 Å². The first-order valence-corrected chi connectivity index (χ1v) is 9.96. The van der Waals surface area contributed by atoms with Crippen molar-refractivity contribution in [3.05, 3.63) is 66.2 Å². The van der Waals surface area contributed by atoms with E-state index in [4.69, 9.17) is 9.47 Å². The van der Waals surface area contributed by atoms with Gasteiger partial charge < -0.3 is 19.7 Å². The van der Waals surface area contributed by atoms with Crippen molar-refractivity contribution in [2.24, 2.45) is 0 Å². The zero-order chi connectivity index (χ0) is 20.2. The largest absolute Gasteiger partial charge is 0.496 e. The second-order valence-corrected chi connectivity index (χ2v) is 7.50. The van der Waals surface area contributed by atoms with Crippen LogP contribution >= 0.6 is 0 Å². The third-order valence-corrected chi connectivity index (χ3v) is 5.39. The number of likely N-dealkylation sites (tertiary alicyclic amines) is 1. The molecule has 0 aliphatic carbocycles. The van der Waals surface area contributed by atoms with Crippen molar-refractivity contribution in [2.45, 2.75) is 18.9 Å². The molecular weight excluding hydrogens is 364 g/mol. The first-order valence-electron chi connectivity index (χ1n) is 9.96. The summed E-state index contributed by atoms with van der Waals surface area (Å²) in [6, 6.07) is 19.2. The number of nitrogens with one attached hydrogen (secondary N) is 1. The number of nitrogens with zero attached hydrogens (tertiary/aromatic N) is 1. The Morgan fingerprint density at radius 1 is 1.00 bits per heavy atom. The molecule has 4 rings (SSSR count). The smallest absolute Gasteiger partial charge is 0.259 e. The topological polar surface area (TPSA) is 50.8 Å². The van der Waals surface area contributed by atoms with Crippen molar-refractivity contribution in [1.82, 2.24) is 4.90 Å². The fraction of sp³-hybridized carbons (Fsp3) is 0.292. The summed E-state index contributed by atoms with van der Waals surface area (Å²) in [6.45, 7) is 2.12. The zero-order valence-electron chi connectivity index (χ0n) is 16.9. The molecule has 29 heavy (non-hydrogen) atoms. The second-order valence-electron chi connectivity index (χ2n) is 7.50. The summed E-state index contributed by atoms with van der Waals surface area (Å²) in [5.41, 5.74) is 1.23. The fourth-order valence-electron chi connectivity index (χ4n) is 3.68. The monoisotopic (exact) mass is 390 g/mol. The predicted octanol–water partition coefficient (Wildman–Crippen LogP) is 4.57. The van der Waals surface area contributed by atoms with Crippen LogP contribution in [-0.2, 0) is 0 Å². The van der Waals surface area contributed by atoms with Gasteiger partial charge in [0.25, 0.3) is 5.91 Å². The lowest BCUT2D eigenvalue weighted by atomic mass is 10.1. The molecule has 1 heterocycles. The fourth-order valence-corrected chi connectivity index (χ4v) is 3.68. The number of benzene rings is 3. The molecule has 5 heteroatoms. The Balaban J connectivity index is 1.45. The van der Waals surface area contributed by atoms with Crippen LogP contribution in [0.2, 0.25) is 0 Å². The van der Waals surface area contributed by atoms with Gasteiger partial charge in [-0.3, -0.25) is 4.79 Å². The molecule has 0 spiro atoms. The number of rotatable bonds is 5. The van der Waals surface area contributed by atoms with Gasteiger partial charge in [-0.2, -0.15) is 0 Å². The first kappa shape index (κ1) is 19.3. The number of carbonyl (C=O) groups is 1. The van der Waals surface area contributed by atoms with Gasteiger partial charge in [0.05, 0.1) is 12.7 Å². The molecule has 1 fully saturated rings. The third-order valence-electron chi connectivity index (χ3n) is 5.39. The molecule has 1 saturated heterocycles. The van der Waals surface area contributed by atoms with Crippen LogP contribution in [0.25, 0.3) is 10.8 Å². The van der Waals surface area contributed by atoms with E-state index in [2.05, 4.69) is 17.3 Å². The highest BCUT2D eigenvalue weighted by Crippen LogP contribution is 2.27. The number of piperidine rings is 1. The number of hydrogen-bond donors (Lipinski definition) is 1. The highest BCUT2D eigenvalue weighted by Gasteiger charge is 2.18. The quantitative estimate of drug-likeness (QED) is 0.693. The number of hydrogen-bond acceptors (Lipinski definition) is 4. The molecule has 150 valence electrons. The summed E-state index contributed by atoms with van der Waals surface area (Å²) in [6.07, 6.45) is 2.33. The highest BCUT2D eigenvalue weighted by molar-refractivity contribution is 6.08. The van der Waals surface area contributed by atoms with Crippen LogP contribution in [0.3, 0.4) is 0 Å². The second kappa shape index (κ2) is 8.53. The Morgan fingerprint density at radius 2 is 1.66 bits per heavy atom. The molecule has 1 aliphatic rings. The number of fused-ring (bicyclic) bond motifs is 1. The van der Waals surface area contributed by atoms with E-state index in [1.165, 1.54) is 0 Å². The van der Waals surface area contributed by atoms with Crippen molar-refractivity contribution >= 4 is 22.4 Å². The third kappa shape index (κ3) is 4.51. The van der Waals surface area contributed by atoms with Gasteiger partial charge in [-0.15, -0.1) is 0 Å². The minimum Gasteiger partial charge on any atom is -0.496 e. The molecule has 0 atom stereocenters. The van der Waals surface area contributed by atoms with E-state index in [-0.39, 0.29) is 12.0 Å². The molecular formula is C24H26N2O3. The van der Waals surface area contributed by atoms with E-state index in [0.29, 0.717) is 11.3 Å². The van der Waals surface area contributed by atoms with Gasteiger partial charge in [0.15, 0.2) is 0 Å². The standard InChI is InChI=1S/C24H26N2O3/c1-26-13-11-21(12-14-26)29-20-9-7-19(8-10-20)25-24(27)22-15-17-5-3-4-6-18(17)16-23(22)28-2/h3-10,15-16,21H,11-14H2,1-2H3,(H,25,27). The lowest BCUT2D eigenvalue weighted by molar-refractivity contribution is 0.102.